The lowest BCUT2D eigenvalue weighted by molar-refractivity contribution is -0.179. The second kappa shape index (κ2) is 8.53. The Labute approximate surface area is 194 Å². The van der Waals surface area contributed by atoms with Crippen LogP contribution in [0.5, 0.6) is 0 Å². The largest absolute Gasteiger partial charge is 0.469 e. The summed E-state index contributed by atoms with van der Waals surface area (Å²) in [5.74, 6) is 2.46. The molecule has 0 aromatic rings. The minimum atomic E-state index is -0.333. The van der Waals surface area contributed by atoms with Crippen LogP contribution in [0.25, 0.3) is 0 Å². The van der Waals surface area contributed by atoms with E-state index in [4.69, 9.17) is 9.47 Å². The highest BCUT2D eigenvalue weighted by atomic mass is 16.5. The van der Waals surface area contributed by atoms with Gasteiger partial charge in [0.05, 0.1) is 25.2 Å². The molecule has 0 saturated heterocycles. The summed E-state index contributed by atoms with van der Waals surface area (Å²) in [7, 11) is 3.32. The van der Waals surface area contributed by atoms with Gasteiger partial charge in [0.1, 0.15) is 0 Å². The average Bonchev–Trinajstić information content (AvgIpc) is 3.40. The molecular formula is C27H45NO4. The number of esters is 1. The maximum atomic E-state index is 12.8. The lowest BCUT2D eigenvalue weighted by Crippen LogP contribution is -2.64. The van der Waals surface area contributed by atoms with Gasteiger partial charge in [0.25, 0.3) is 0 Å². The normalized spacial score (nSPS) is 51.0. The fraction of sp³-hybridized carbons (Fsp3) is 0.963. The van der Waals surface area contributed by atoms with E-state index in [-0.39, 0.29) is 34.9 Å². The zero-order valence-corrected chi connectivity index (χ0v) is 20.6. The molecule has 2 N–H and O–H groups in total. The first-order chi connectivity index (χ1) is 15.3. The molecule has 0 heterocycles. The number of methoxy groups -OCH3 is 2. The van der Waals surface area contributed by atoms with E-state index in [2.05, 4.69) is 19.2 Å². The molecule has 5 fully saturated rings. The third kappa shape index (κ3) is 3.48. The van der Waals surface area contributed by atoms with Crippen molar-refractivity contribution in [2.45, 2.75) is 109 Å². The highest BCUT2D eigenvalue weighted by Crippen LogP contribution is 2.67. The van der Waals surface area contributed by atoms with Crippen LogP contribution in [0.1, 0.15) is 84.5 Å². The molecule has 0 bridgehead atoms. The molecule has 182 valence electrons. The van der Waals surface area contributed by atoms with Gasteiger partial charge >= 0.3 is 5.97 Å². The zero-order chi connectivity index (χ0) is 22.7. The van der Waals surface area contributed by atoms with Crippen molar-refractivity contribution in [1.29, 1.82) is 0 Å². The van der Waals surface area contributed by atoms with Crippen molar-refractivity contribution >= 4 is 5.97 Å². The molecule has 0 spiro atoms. The Kier molecular flexibility index (Phi) is 6.16. The highest BCUT2D eigenvalue weighted by Gasteiger charge is 2.65. The molecule has 32 heavy (non-hydrogen) atoms. The van der Waals surface area contributed by atoms with Crippen molar-refractivity contribution in [2.24, 2.45) is 40.4 Å². The molecule has 0 radical (unpaired) electrons. The molecule has 0 unspecified atom stereocenters. The predicted octanol–water partition coefficient (Wildman–Crippen LogP) is 4.31. The average molecular weight is 448 g/mol. The van der Waals surface area contributed by atoms with E-state index in [1.54, 1.807) is 14.2 Å². The molecule has 5 aliphatic carbocycles. The molecule has 5 aliphatic rings. The zero-order valence-electron chi connectivity index (χ0n) is 20.6. The van der Waals surface area contributed by atoms with Crippen molar-refractivity contribution in [3.8, 4) is 0 Å². The summed E-state index contributed by atoms with van der Waals surface area (Å²) in [6.07, 6.45) is 12.4. The topological polar surface area (TPSA) is 67.8 Å². The summed E-state index contributed by atoms with van der Waals surface area (Å²) in [6.45, 7) is 4.92. The fourth-order valence-corrected chi connectivity index (χ4v) is 9.77. The maximum absolute atomic E-state index is 12.8. The SMILES string of the molecule is COC(=O)[C@H]1CC[C@H]2[C@@H]3CC[C@H]4C[C@H](O)[C@@H](OC)C[C@]4(C)[C@H]3[C@H](NC3CCCC3)C[C@]12C. The van der Waals surface area contributed by atoms with Gasteiger partial charge in [0.15, 0.2) is 0 Å². The van der Waals surface area contributed by atoms with Gasteiger partial charge in [0, 0.05) is 19.2 Å². The number of fused-ring (bicyclic) bond motifs is 5. The Morgan fingerprint density at radius 1 is 0.969 bits per heavy atom. The number of rotatable bonds is 4. The maximum Gasteiger partial charge on any atom is 0.309 e. The Balaban J connectivity index is 1.51. The van der Waals surface area contributed by atoms with Crippen LogP contribution in [0.15, 0.2) is 0 Å². The van der Waals surface area contributed by atoms with Crippen LogP contribution in [0.4, 0.5) is 0 Å². The number of nitrogens with one attached hydrogen (secondary N) is 1. The molecule has 10 atom stereocenters. The summed E-state index contributed by atoms with van der Waals surface area (Å²) in [5.41, 5.74) is 0.215. The predicted molar refractivity (Wildman–Crippen MR) is 124 cm³/mol. The monoisotopic (exact) mass is 447 g/mol. The Bertz CT molecular complexity index is 708. The Morgan fingerprint density at radius 3 is 2.41 bits per heavy atom. The van der Waals surface area contributed by atoms with Crippen LogP contribution < -0.4 is 5.32 Å². The van der Waals surface area contributed by atoms with E-state index >= 15 is 0 Å². The number of carbonyl (C=O) groups is 1. The van der Waals surface area contributed by atoms with E-state index in [1.165, 1.54) is 38.5 Å². The van der Waals surface area contributed by atoms with Crippen LogP contribution in [-0.2, 0) is 14.3 Å². The lowest BCUT2D eigenvalue weighted by atomic mass is 9.43. The number of ether oxygens (including phenoxy) is 2. The summed E-state index contributed by atoms with van der Waals surface area (Å²) < 4.78 is 11.1. The van der Waals surface area contributed by atoms with Crippen LogP contribution in [0.2, 0.25) is 0 Å². The fourth-order valence-electron chi connectivity index (χ4n) is 9.77. The highest BCUT2D eigenvalue weighted by molar-refractivity contribution is 5.74. The van der Waals surface area contributed by atoms with Crippen LogP contribution in [-0.4, -0.2) is 49.6 Å². The Hall–Kier alpha value is -0.650. The summed E-state index contributed by atoms with van der Waals surface area (Å²) in [6, 6.07) is 1.06. The first kappa shape index (κ1) is 23.1. The van der Waals surface area contributed by atoms with Gasteiger partial charge in [-0.1, -0.05) is 26.7 Å². The van der Waals surface area contributed by atoms with E-state index < -0.39 is 0 Å². The number of hydrogen-bond donors (Lipinski definition) is 2. The standard InChI is InChI=1S/C27H45NO4/c1-26-15-23(31-3)22(29)13-16(26)9-10-18-19-11-12-20(25(30)32-4)27(19,2)14-21(24(18)26)28-17-7-5-6-8-17/h16-24,28-29H,5-15H2,1-4H3/t16-,18-,19-,20+,21+,22-,23-,24+,26-,27-/m0/s1. The summed E-state index contributed by atoms with van der Waals surface area (Å²) >= 11 is 0. The summed E-state index contributed by atoms with van der Waals surface area (Å²) in [5, 5.41) is 14.9. The van der Waals surface area contributed by atoms with E-state index in [1.807, 2.05) is 0 Å². The molecule has 0 amide bonds. The first-order valence-electron chi connectivity index (χ1n) is 13.4. The molecule has 0 aromatic heterocycles. The number of hydrogen-bond acceptors (Lipinski definition) is 5. The molecule has 0 aliphatic heterocycles. The van der Waals surface area contributed by atoms with Crippen molar-refractivity contribution in [3.63, 3.8) is 0 Å². The van der Waals surface area contributed by atoms with Gasteiger partial charge in [-0.25, -0.2) is 0 Å². The molecule has 5 rings (SSSR count). The molecule has 0 aromatic carbocycles. The van der Waals surface area contributed by atoms with Crippen LogP contribution in [0.3, 0.4) is 0 Å². The van der Waals surface area contributed by atoms with Crippen LogP contribution >= 0.6 is 0 Å². The number of aliphatic hydroxyl groups is 1. The first-order valence-corrected chi connectivity index (χ1v) is 13.4. The van der Waals surface area contributed by atoms with Gasteiger partial charge in [-0.3, -0.25) is 4.79 Å². The van der Waals surface area contributed by atoms with Crippen molar-refractivity contribution in [3.05, 3.63) is 0 Å². The van der Waals surface area contributed by atoms with Crippen molar-refractivity contribution in [1.82, 2.24) is 5.32 Å². The third-order valence-corrected chi connectivity index (χ3v) is 11.2. The lowest BCUT2D eigenvalue weighted by Gasteiger charge is -2.64. The number of carbonyl (C=O) groups excluding carboxylic acids is 1. The quantitative estimate of drug-likeness (QED) is 0.629. The van der Waals surface area contributed by atoms with Crippen LogP contribution in [0, 0.1) is 40.4 Å². The van der Waals surface area contributed by atoms with E-state index in [0.29, 0.717) is 35.8 Å². The second-order valence-electron chi connectivity index (χ2n) is 12.5. The van der Waals surface area contributed by atoms with Crippen molar-refractivity contribution < 1.29 is 19.4 Å². The van der Waals surface area contributed by atoms with E-state index in [0.717, 1.165) is 32.1 Å². The second-order valence-corrected chi connectivity index (χ2v) is 12.5. The van der Waals surface area contributed by atoms with E-state index in [9.17, 15) is 9.90 Å². The Morgan fingerprint density at radius 2 is 1.72 bits per heavy atom. The minimum absolute atomic E-state index is 0.00759. The van der Waals surface area contributed by atoms with Gasteiger partial charge < -0.3 is 19.9 Å². The minimum Gasteiger partial charge on any atom is -0.469 e. The van der Waals surface area contributed by atoms with Gasteiger partial charge in [-0.05, 0) is 92.3 Å². The smallest absolute Gasteiger partial charge is 0.309 e. The third-order valence-electron chi connectivity index (χ3n) is 11.2. The van der Waals surface area contributed by atoms with Gasteiger partial charge in [-0.2, -0.15) is 0 Å². The molecule has 5 saturated carbocycles. The van der Waals surface area contributed by atoms with Gasteiger partial charge in [0.2, 0.25) is 0 Å². The van der Waals surface area contributed by atoms with Crippen molar-refractivity contribution in [2.75, 3.05) is 14.2 Å². The molecule has 5 nitrogen and oxygen atoms in total. The van der Waals surface area contributed by atoms with Gasteiger partial charge in [-0.15, -0.1) is 0 Å². The number of aliphatic hydroxyl groups excluding tert-OH is 1. The summed E-state index contributed by atoms with van der Waals surface area (Å²) in [4.78, 5) is 12.8. The molecular weight excluding hydrogens is 402 g/mol. The molecule has 5 heteroatoms.